The van der Waals surface area contributed by atoms with E-state index < -0.39 is 5.91 Å². The van der Waals surface area contributed by atoms with Gasteiger partial charge in [0.05, 0.1) is 32.0 Å². The van der Waals surface area contributed by atoms with E-state index in [9.17, 15) is 9.59 Å². The molecule has 0 aromatic heterocycles. The van der Waals surface area contributed by atoms with E-state index >= 15 is 0 Å². The van der Waals surface area contributed by atoms with Gasteiger partial charge in [-0.3, -0.25) is 9.59 Å². The van der Waals surface area contributed by atoms with Crippen LogP contribution < -0.4 is 20.5 Å². The van der Waals surface area contributed by atoms with E-state index in [-0.39, 0.29) is 23.7 Å². The van der Waals surface area contributed by atoms with Crippen LogP contribution >= 0.6 is 0 Å². The first-order chi connectivity index (χ1) is 9.94. The van der Waals surface area contributed by atoms with Gasteiger partial charge >= 0.3 is 0 Å². The number of amides is 2. The molecule has 7 heteroatoms. The lowest BCUT2D eigenvalue weighted by Gasteiger charge is -2.16. The monoisotopic (exact) mass is 295 g/mol. The summed E-state index contributed by atoms with van der Waals surface area (Å²) in [6.07, 6.45) is 0. The van der Waals surface area contributed by atoms with Gasteiger partial charge in [-0.15, -0.1) is 0 Å². The first-order valence-electron chi connectivity index (χ1n) is 6.48. The molecule has 1 rings (SSSR count). The van der Waals surface area contributed by atoms with Crippen LogP contribution in [0.4, 0.5) is 5.69 Å². The van der Waals surface area contributed by atoms with Gasteiger partial charge in [0.1, 0.15) is 11.5 Å². The molecule has 0 heterocycles. The van der Waals surface area contributed by atoms with E-state index in [2.05, 4.69) is 5.32 Å². The van der Waals surface area contributed by atoms with Crippen LogP contribution in [0, 0.1) is 0 Å². The van der Waals surface area contributed by atoms with Gasteiger partial charge in [-0.25, -0.2) is 0 Å². The third kappa shape index (κ3) is 4.01. The van der Waals surface area contributed by atoms with Crippen LogP contribution in [0.1, 0.15) is 17.3 Å². The van der Waals surface area contributed by atoms with E-state index in [4.69, 9.17) is 15.2 Å². The summed E-state index contributed by atoms with van der Waals surface area (Å²) in [6, 6.07) is 3.09. The van der Waals surface area contributed by atoms with Gasteiger partial charge < -0.3 is 25.4 Å². The minimum atomic E-state index is -0.456. The number of hydrogen-bond donors (Lipinski definition) is 2. The van der Waals surface area contributed by atoms with Crippen molar-refractivity contribution in [2.45, 2.75) is 6.92 Å². The van der Waals surface area contributed by atoms with Gasteiger partial charge in [-0.2, -0.15) is 0 Å². The molecule has 7 nitrogen and oxygen atoms in total. The highest BCUT2D eigenvalue weighted by Gasteiger charge is 2.17. The molecule has 3 N–H and O–H groups in total. The zero-order chi connectivity index (χ0) is 16.0. The molecule has 116 valence electrons. The van der Waals surface area contributed by atoms with Gasteiger partial charge in [0.2, 0.25) is 5.91 Å². The van der Waals surface area contributed by atoms with Crippen LogP contribution in [-0.4, -0.2) is 51.1 Å². The van der Waals surface area contributed by atoms with Crippen molar-refractivity contribution < 1.29 is 19.1 Å². The van der Waals surface area contributed by atoms with Crippen molar-refractivity contribution in [3.05, 3.63) is 17.7 Å². The highest BCUT2D eigenvalue weighted by atomic mass is 16.5. The topological polar surface area (TPSA) is 93.9 Å². The van der Waals surface area contributed by atoms with E-state index in [1.807, 2.05) is 6.92 Å². The SMILES string of the molecule is CCN(C)C(=O)CNC(=O)c1cc(OC)cc(OC)c1N. The van der Waals surface area contributed by atoms with E-state index in [1.54, 1.807) is 13.1 Å². The third-order valence-electron chi connectivity index (χ3n) is 3.12. The van der Waals surface area contributed by atoms with Gasteiger partial charge in [0.15, 0.2) is 0 Å². The van der Waals surface area contributed by atoms with Crippen LogP contribution in [-0.2, 0) is 4.79 Å². The Balaban J connectivity index is 2.89. The summed E-state index contributed by atoms with van der Waals surface area (Å²) in [4.78, 5) is 25.3. The van der Waals surface area contributed by atoms with Crippen molar-refractivity contribution in [3.8, 4) is 11.5 Å². The van der Waals surface area contributed by atoms with E-state index in [1.165, 1.54) is 25.2 Å². The second-order valence-electron chi connectivity index (χ2n) is 4.38. The van der Waals surface area contributed by atoms with Crippen LogP contribution in [0.25, 0.3) is 0 Å². The molecule has 0 aliphatic rings. The van der Waals surface area contributed by atoms with Crippen LogP contribution in [0.5, 0.6) is 11.5 Å². The Bertz CT molecular complexity index is 531. The van der Waals surface area contributed by atoms with Crippen LogP contribution in [0.3, 0.4) is 0 Å². The number of carbonyl (C=O) groups excluding carboxylic acids is 2. The molecule has 0 aliphatic heterocycles. The maximum atomic E-state index is 12.1. The number of nitrogens with one attached hydrogen (secondary N) is 1. The number of methoxy groups -OCH3 is 2. The lowest BCUT2D eigenvalue weighted by molar-refractivity contribution is -0.128. The number of hydrogen-bond acceptors (Lipinski definition) is 5. The Hall–Kier alpha value is -2.44. The molecular formula is C14H21N3O4. The number of carbonyl (C=O) groups is 2. The Labute approximate surface area is 124 Å². The summed E-state index contributed by atoms with van der Waals surface area (Å²) in [7, 11) is 4.59. The minimum absolute atomic E-state index is 0.0951. The Kier molecular flexibility index (Phi) is 5.83. The molecule has 21 heavy (non-hydrogen) atoms. The second-order valence-corrected chi connectivity index (χ2v) is 4.38. The maximum Gasteiger partial charge on any atom is 0.254 e. The summed E-state index contributed by atoms with van der Waals surface area (Å²) >= 11 is 0. The molecule has 0 bridgehead atoms. The van der Waals surface area contributed by atoms with Gasteiger partial charge in [-0.1, -0.05) is 0 Å². The first-order valence-corrected chi connectivity index (χ1v) is 6.48. The summed E-state index contributed by atoms with van der Waals surface area (Å²) in [6.45, 7) is 2.33. The lowest BCUT2D eigenvalue weighted by Crippen LogP contribution is -2.38. The molecule has 2 amide bonds. The standard InChI is InChI=1S/C14H21N3O4/c1-5-17(2)12(18)8-16-14(19)10-6-9(20-3)7-11(21-4)13(10)15/h6-7H,5,8,15H2,1-4H3,(H,16,19). The van der Waals surface area contributed by atoms with Crippen LogP contribution in [0.2, 0.25) is 0 Å². The normalized spacial score (nSPS) is 9.90. The van der Waals surface area contributed by atoms with Gasteiger partial charge in [0, 0.05) is 19.7 Å². The highest BCUT2D eigenvalue weighted by Crippen LogP contribution is 2.30. The molecule has 1 aromatic rings. The Morgan fingerprint density at radius 2 is 1.95 bits per heavy atom. The fourth-order valence-electron chi connectivity index (χ4n) is 1.64. The molecule has 0 spiro atoms. The molecule has 0 saturated carbocycles. The average molecular weight is 295 g/mol. The number of nitrogen functional groups attached to an aromatic ring is 1. The fraction of sp³-hybridized carbons (Fsp3) is 0.429. The molecule has 0 fully saturated rings. The van der Waals surface area contributed by atoms with Gasteiger partial charge in [0.25, 0.3) is 5.91 Å². The first kappa shape index (κ1) is 16.6. The maximum absolute atomic E-state index is 12.1. The van der Waals surface area contributed by atoms with E-state index in [0.717, 1.165) is 0 Å². The molecular weight excluding hydrogens is 274 g/mol. The van der Waals surface area contributed by atoms with Crippen molar-refractivity contribution in [2.24, 2.45) is 0 Å². The number of nitrogens with zero attached hydrogens (tertiary/aromatic N) is 1. The molecule has 1 aromatic carbocycles. The quantitative estimate of drug-likeness (QED) is 0.745. The minimum Gasteiger partial charge on any atom is -0.497 e. The number of ether oxygens (including phenoxy) is 2. The molecule has 0 saturated heterocycles. The molecule has 0 atom stereocenters. The van der Waals surface area contributed by atoms with Crippen LogP contribution in [0.15, 0.2) is 12.1 Å². The van der Waals surface area contributed by atoms with Crippen molar-refractivity contribution >= 4 is 17.5 Å². The third-order valence-corrected chi connectivity index (χ3v) is 3.12. The Morgan fingerprint density at radius 1 is 1.29 bits per heavy atom. The summed E-state index contributed by atoms with van der Waals surface area (Å²) < 4.78 is 10.2. The molecule has 0 aliphatic carbocycles. The average Bonchev–Trinajstić information content (AvgIpc) is 2.51. The van der Waals surface area contributed by atoms with Gasteiger partial charge in [-0.05, 0) is 13.0 Å². The summed E-state index contributed by atoms with van der Waals surface area (Å²) in [5, 5.41) is 2.54. The van der Waals surface area contributed by atoms with Crippen molar-refractivity contribution in [1.82, 2.24) is 10.2 Å². The second kappa shape index (κ2) is 7.37. The number of nitrogens with two attached hydrogens (primary N) is 1. The zero-order valence-corrected chi connectivity index (χ0v) is 12.7. The highest BCUT2D eigenvalue weighted by molar-refractivity contribution is 6.02. The smallest absolute Gasteiger partial charge is 0.254 e. The van der Waals surface area contributed by atoms with Crippen molar-refractivity contribution in [3.63, 3.8) is 0 Å². The van der Waals surface area contributed by atoms with E-state index in [0.29, 0.717) is 18.0 Å². The number of anilines is 1. The van der Waals surface area contributed by atoms with Crippen molar-refractivity contribution in [2.75, 3.05) is 40.1 Å². The summed E-state index contributed by atoms with van der Waals surface area (Å²) in [5.41, 5.74) is 6.28. The summed E-state index contributed by atoms with van der Waals surface area (Å²) in [5.74, 6) is 0.154. The predicted molar refractivity (Wildman–Crippen MR) is 79.6 cm³/mol. The lowest BCUT2D eigenvalue weighted by atomic mass is 10.1. The zero-order valence-electron chi connectivity index (χ0n) is 12.7. The number of rotatable bonds is 6. The largest absolute Gasteiger partial charge is 0.497 e. The number of likely N-dealkylation sites (N-methyl/N-ethyl adjacent to an activating group) is 1. The fourth-order valence-corrected chi connectivity index (χ4v) is 1.64. The Morgan fingerprint density at radius 3 is 2.48 bits per heavy atom. The predicted octanol–water partition coefficient (Wildman–Crippen LogP) is 0.494. The molecule has 0 radical (unpaired) electrons. The number of benzene rings is 1. The molecule has 0 unspecified atom stereocenters. The van der Waals surface area contributed by atoms with Crippen molar-refractivity contribution in [1.29, 1.82) is 0 Å².